The predicted octanol–water partition coefficient (Wildman–Crippen LogP) is 5.72. The van der Waals surface area contributed by atoms with E-state index in [-0.39, 0.29) is 11.6 Å². The summed E-state index contributed by atoms with van der Waals surface area (Å²) < 4.78 is 51.9. The summed E-state index contributed by atoms with van der Waals surface area (Å²) in [6.07, 6.45) is 0.265. The van der Waals surface area contributed by atoms with Crippen LogP contribution in [0.2, 0.25) is 0 Å². The molecule has 7 nitrogen and oxygen atoms in total. The maximum atomic E-state index is 13.3. The number of aromatic nitrogens is 3. The van der Waals surface area contributed by atoms with Crippen molar-refractivity contribution in [1.29, 1.82) is 0 Å². The first-order valence-corrected chi connectivity index (χ1v) is 11.5. The molecule has 3 aromatic heterocycles. The van der Waals surface area contributed by atoms with Gasteiger partial charge in [-0.25, -0.2) is 0 Å². The molecule has 4 aromatic rings. The van der Waals surface area contributed by atoms with E-state index in [9.17, 15) is 18.0 Å². The van der Waals surface area contributed by atoms with E-state index >= 15 is 0 Å². The Morgan fingerprint density at radius 1 is 1.03 bits per heavy atom. The van der Waals surface area contributed by atoms with Crippen molar-refractivity contribution in [3.8, 4) is 17.3 Å². The molecule has 0 spiro atoms. The van der Waals surface area contributed by atoms with E-state index < -0.39 is 11.7 Å². The average molecular weight is 491 g/mol. The van der Waals surface area contributed by atoms with Crippen LogP contribution >= 0.6 is 11.8 Å². The molecule has 0 aliphatic rings. The fraction of sp³-hybridized carbons (Fsp3) is 0.261. The Morgan fingerprint density at radius 2 is 1.85 bits per heavy atom. The molecule has 34 heavy (non-hydrogen) atoms. The first-order valence-electron chi connectivity index (χ1n) is 10.5. The number of nitrogens with one attached hydrogen (secondary N) is 1. The standard InChI is InChI=1S/C23H21F3N4O3S/c24-23(25,26)16-6-3-7-17(14-16)30-21(19-9-5-12-33-19)28-29-22(30)34-13-2-1-10-20(31)27-15-18-8-4-11-32-18/h3-9,11-12,14H,1-2,10,13,15H2,(H,27,31). The molecule has 0 unspecified atom stereocenters. The molecular weight excluding hydrogens is 469 g/mol. The van der Waals surface area contributed by atoms with E-state index in [4.69, 9.17) is 8.83 Å². The van der Waals surface area contributed by atoms with Crippen LogP contribution in [-0.4, -0.2) is 26.4 Å². The third-order valence-electron chi connectivity index (χ3n) is 4.88. The monoisotopic (exact) mass is 490 g/mol. The van der Waals surface area contributed by atoms with Crippen molar-refractivity contribution >= 4 is 17.7 Å². The number of halogens is 3. The number of furan rings is 2. The highest BCUT2D eigenvalue weighted by Gasteiger charge is 2.31. The molecule has 0 fully saturated rings. The molecular formula is C23H21F3N4O3S. The van der Waals surface area contributed by atoms with Crippen LogP contribution in [0.5, 0.6) is 0 Å². The highest BCUT2D eigenvalue weighted by molar-refractivity contribution is 7.99. The number of carbonyl (C=O) groups excluding carboxylic acids is 1. The first kappa shape index (κ1) is 23.7. The van der Waals surface area contributed by atoms with Crippen molar-refractivity contribution in [1.82, 2.24) is 20.1 Å². The summed E-state index contributed by atoms with van der Waals surface area (Å²) in [5, 5.41) is 11.6. The first-order chi connectivity index (χ1) is 16.4. The summed E-state index contributed by atoms with van der Waals surface area (Å²) in [5.74, 6) is 1.92. The van der Waals surface area contributed by atoms with Gasteiger partial charge in [-0.3, -0.25) is 9.36 Å². The van der Waals surface area contributed by atoms with E-state index in [1.165, 1.54) is 24.1 Å². The molecule has 0 saturated heterocycles. The summed E-state index contributed by atoms with van der Waals surface area (Å²) in [5.41, 5.74) is -0.480. The van der Waals surface area contributed by atoms with Gasteiger partial charge in [-0.15, -0.1) is 10.2 Å². The largest absolute Gasteiger partial charge is 0.467 e. The third-order valence-corrected chi connectivity index (χ3v) is 5.89. The van der Waals surface area contributed by atoms with Gasteiger partial charge in [0, 0.05) is 12.2 Å². The van der Waals surface area contributed by atoms with E-state index in [0.29, 0.717) is 54.1 Å². The lowest BCUT2D eigenvalue weighted by atomic mass is 10.2. The molecule has 178 valence electrons. The van der Waals surface area contributed by atoms with Gasteiger partial charge in [0.25, 0.3) is 0 Å². The zero-order chi connectivity index (χ0) is 24.0. The Morgan fingerprint density at radius 3 is 2.59 bits per heavy atom. The Hall–Kier alpha value is -3.47. The second-order valence-corrected chi connectivity index (χ2v) is 8.39. The molecule has 11 heteroatoms. The lowest BCUT2D eigenvalue weighted by molar-refractivity contribution is -0.137. The summed E-state index contributed by atoms with van der Waals surface area (Å²) in [6.45, 7) is 0.343. The highest BCUT2D eigenvalue weighted by Crippen LogP contribution is 2.33. The number of carbonyl (C=O) groups is 1. The number of amides is 1. The van der Waals surface area contributed by atoms with Gasteiger partial charge in [-0.1, -0.05) is 17.8 Å². The molecule has 0 radical (unpaired) electrons. The SMILES string of the molecule is O=C(CCCCSc1nnc(-c2ccco2)n1-c1cccc(C(F)(F)F)c1)NCc1ccco1. The fourth-order valence-electron chi connectivity index (χ4n) is 3.22. The lowest BCUT2D eigenvalue weighted by Gasteiger charge is -2.12. The molecule has 0 bridgehead atoms. The highest BCUT2D eigenvalue weighted by atomic mass is 32.2. The molecule has 0 aliphatic heterocycles. The molecule has 0 saturated carbocycles. The predicted molar refractivity (Wildman–Crippen MR) is 119 cm³/mol. The van der Waals surface area contributed by atoms with Crippen molar-refractivity contribution in [3.63, 3.8) is 0 Å². The minimum absolute atomic E-state index is 0.0753. The summed E-state index contributed by atoms with van der Waals surface area (Å²) in [7, 11) is 0. The molecule has 1 amide bonds. The number of unbranched alkanes of at least 4 members (excludes halogenated alkanes) is 1. The van der Waals surface area contributed by atoms with Crippen LogP contribution in [0, 0.1) is 0 Å². The van der Waals surface area contributed by atoms with Crippen molar-refractivity contribution < 1.29 is 26.8 Å². The van der Waals surface area contributed by atoms with E-state index in [0.717, 1.165) is 12.1 Å². The molecule has 1 N–H and O–H groups in total. The number of thioether (sulfide) groups is 1. The van der Waals surface area contributed by atoms with Gasteiger partial charge in [0.2, 0.25) is 11.7 Å². The van der Waals surface area contributed by atoms with Crippen LogP contribution < -0.4 is 5.32 Å². The topological polar surface area (TPSA) is 86.1 Å². The van der Waals surface area contributed by atoms with Gasteiger partial charge in [-0.05, 0) is 55.3 Å². The van der Waals surface area contributed by atoms with Crippen LogP contribution in [-0.2, 0) is 17.5 Å². The zero-order valence-corrected chi connectivity index (χ0v) is 18.7. The molecule has 1 aromatic carbocycles. The number of benzene rings is 1. The van der Waals surface area contributed by atoms with Gasteiger partial charge in [0.15, 0.2) is 10.9 Å². The number of hydrogen-bond donors (Lipinski definition) is 1. The minimum atomic E-state index is -4.47. The van der Waals surface area contributed by atoms with Gasteiger partial charge in [0.05, 0.1) is 30.3 Å². The van der Waals surface area contributed by atoms with Gasteiger partial charge in [0.1, 0.15) is 5.76 Å². The summed E-state index contributed by atoms with van der Waals surface area (Å²) in [6, 6.07) is 11.9. The Bertz CT molecular complexity index is 1200. The molecule has 3 heterocycles. The fourth-order valence-corrected chi connectivity index (χ4v) is 4.17. The minimum Gasteiger partial charge on any atom is -0.467 e. The Labute approximate surface area is 197 Å². The normalized spacial score (nSPS) is 11.6. The second kappa shape index (κ2) is 10.6. The van der Waals surface area contributed by atoms with Crippen LogP contribution in [0.25, 0.3) is 17.3 Å². The van der Waals surface area contributed by atoms with E-state index in [1.807, 2.05) is 0 Å². The van der Waals surface area contributed by atoms with Gasteiger partial charge >= 0.3 is 6.18 Å². The molecule has 0 aliphatic carbocycles. The molecule has 4 rings (SSSR count). The summed E-state index contributed by atoms with van der Waals surface area (Å²) in [4.78, 5) is 12.0. The maximum absolute atomic E-state index is 13.3. The van der Waals surface area contributed by atoms with Crippen molar-refractivity contribution in [2.24, 2.45) is 0 Å². The van der Waals surface area contributed by atoms with Crippen LogP contribution in [0.15, 0.2) is 75.0 Å². The zero-order valence-electron chi connectivity index (χ0n) is 17.9. The number of rotatable bonds is 10. The van der Waals surface area contributed by atoms with Gasteiger partial charge < -0.3 is 14.2 Å². The van der Waals surface area contributed by atoms with Crippen LogP contribution in [0.3, 0.4) is 0 Å². The smallest absolute Gasteiger partial charge is 0.416 e. The second-order valence-electron chi connectivity index (χ2n) is 7.33. The van der Waals surface area contributed by atoms with Crippen molar-refractivity contribution in [2.75, 3.05) is 5.75 Å². The third kappa shape index (κ3) is 5.90. The van der Waals surface area contributed by atoms with Crippen LogP contribution in [0.4, 0.5) is 13.2 Å². The van der Waals surface area contributed by atoms with Crippen molar-refractivity contribution in [2.45, 2.75) is 37.1 Å². The maximum Gasteiger partial charge on any atom is 0.416 e. The lowest BCUT2D eigenvalue weighted by Crippen LogP contribution is -2.22. The number of alkyl halides is 3. The van der Waals surface area contributed by atoms with E-state index in [1.54, 1.807) is 41.2 Å². The Balaban J connectivity index is 1.40. The molecule has 0 atom stereocenters. The van der Waals surface area contributed by atoms with E-state index in [2.05, 4.69) is 15.5 Å². The quantitative estimate of drug-likeness (QED) is 0.226. The Kier molecular flexibility index (Phi) is 7.41. The van der Waals surface area contributed by atoms with Crippen molar-refractivity contribution in [3.05, 3.63) is 72.4 Å². The number of hydrogen-bond acceptors (Lipinski definition) is 6. The number of nitrogens with zero attached hydrogens (tertiary/aromatic N) is 3. The van der Waals surface area contributed by atoms with Gasteiger partial charge in [-0.2, -0.15) is 13.2 Å². The average Bonchev–Trinajstić information content (AvgIpc) is 3.59. The van der Waals surface area contributed by atoms with Crippen LogP contribution in [0.1, 0.15) is 30.6 Å². The summed E-state index contributed by atoms with van der Waals surface area (Å²) >= 11 is 1.36.